The maximum Gasteiger partial charge on any atom is 0.134 e. The van der Waals surface area contributed by atoms with E-state index >= 15 is 0 Å². The fourth-order valence-corrected chi connectivity index (χ4v) is 5.87. The topological polar surface area (TPSA) is 34.3 Å². The Labute approximate surface area is 207 Å². The van der Waals surface area contributed by atoms with Crippen molar-refractivity contribution in [2.24, 2.45) is 0 Å². The lowest BCUT2D eigenvalue weighted by Gasteiger charge is -2.41. The highest BCUT2D eigenvalue weighted by atomic mass is 19.1. The standard InChI is InChI=1S/C29H36F2N4/c1-3-4-16-35-20(2)17-24-23-8-5-6-9-26(23)33-28(24)29(35)21-10-12-22(13-11-21)32-27-19-34(15-7-14-30)18-25(27)31/h3,5-6,8-13,20,25,27,29,32-33H,1,4,7,14-19H2,2H3/t20-,25-,27+,29-/m1/s1. The molecule has 3 heterocycles. The van der Waals surface area contributed by atoms with Gasteiger partial charge in [-0.05, 0) is 55.5 Å². The molecule has 4 nitrogen and oxygen atoms in total. The van der Waals surface area contributed by atoms with Gasteiger partial charge in [0.2, 0.25) is 0 Å². The van der Waals surface area contributed by atoms with Crippen LogP contribution in [0.3, 0.4) is 0 Å². The summed E-state index contributed by atoms with van der Waals surface area (Å²) in [4.78, 5) is 8.30. The molecule has 35 heavy (non-hydrogen) atoms. The Morgan fingerprint density at radius 2 is 1.91 bits per heavy atom. The number of para-hydroxylation sites is 1. The third-order valence-corrected chi connectivity index (χ3v) is 7.62. The van der Waals surface area contributed by atoms with Crippen LogP contribution in [-0.2, 0) is 6.42 Å². The SMILES string of the molecule is C=CCCN1[C@H](c2ccc(N[C@H]3CN(CCCF)C[C@H]3F)cc2)c2[nH]c3ccccc3c2C[C@H]1C. The zero-order valence-corrected chi connectivity index (χ0v) is 20.5. The van der Waals surface area contributed by atoms with Crippen molar-refractivity contribution in [1.82, 2.24) is 14.8 Å². The smallest absolute Gasteiger partial charge is 0.134 e. The zero-order valence-electron chi connectivity index (χ0n) is 20.5. The number of H-pyrrole nitrogens is 1. The third kappa shape index (κ3) is 4.87. The van der Waals surface area contributed by atoms with E-state index in [1.54, 1.807) is 0 Å². The predicted molar refractivity (Wildman–Crippen MR) is 141 cm³/mol. The monoisotopic (exact) mass is 478 g/mol. The summed E-state index contributed by atoms with van der Waals surface area (Å²) in [5, 5.41) is 4.69. The zero-order chi connectivity index (χ0) is 24.4. The van der Waals surface area contributed by atoms with Crippen molar-refractivity contribution in [2.75, 3.05) is 38.2 Å². The molecule has 0 amide bonds. The normalized spacial score (nSPS) is 25.1. The average molecular weight is 479 g/mol. The summed E-state index contributed by atoms with van der Waals surface area (Å²) in [6.07, 6.45) is 3.46. The second-order valence-corrected chi connectivity index (χ2v) is 10.0. The number of halogens is 2. The molecule has 6 heteroatoms. The Kier molecular flexibility index (Phi) is 7.21. The molecule has 0 radical (unpaired) electrons. The number of anilines is 1. The summed E-state index contributed by atoms with van der Waals surface area (Å²) in [7, 11) is 0. The molecular weight excluding hydrogens is 442 g/mol. The predicted octanol–water partition coefficient (Wildman–Crippen LogP) is 5.87. The van der Waals surface area contributed by atoms with Crippen molar-refractivity contribution in [3.8, 4) is 0 Å². The Morgan fingerprint density at radius 1 is 1.11 bits per heavy atom. The molecule has 4 atom stereocenters. The summed E-state index contributed by atoms with van der Waals surface area (Å²) in [5.41, 5.74) is 6.02. The fraction of sp³-hybridized carbons (Fsp3) is 0.448. The number of hydrogen-bond donors (Lipinski definition) is 2. The molecule has 1 fully saturated rings. The van der Waals surface area contributed by atoms with Crippen molar-refractivity contribution in [1.29, 1.82) is 0 Å². The summed E-state index contributed by atoms with van der Waals surface area (Å²) in [6.45, 7) is 8.44. The van der Waals surface area contributed by atoms with Gasteiger partial charge < -0.3 is 10.3 Å². The molecule has 0 spiro atoms. The van der Waals surface area contributed by atoms with E-state index in [-0.39, 0.29) is 18.8 Å². The van der Waals surface area contributed by atoms with Crippen LogP contribution in [0.25, 0.3) is 10.9 Å². The van der Waals surface area contributed by atoms with Gasteiger partial charge in [0.25, 0.3) is 0 Å². The Balaban J connectivity index is 1.40. The number of alkyl halides is 2. The van der Waals surface area contributed by atoms with Gasteiger partial charge in [-0.3, -0.25) is 14.2 Å². The minimum atomic E-state index is -0.947. The third-order valence-electron chi connectivity index (χ3n) is 7.62. The molecule has 3 aromatic rings. The van der Waals surface area contributed by atoms with Crippen LogP contribution in [0.4, 0.5) is 14.5 Å². The lowest BCUT2D eigenvalue weighted by molar-refractivity contribution is 0.152. The Hall–Kier alpha value is -2.70. The van der Waals surface area contributed by atoms with E-state index in [4.69, 9.17) is 0 Å². The van der Waals surface area contributed by atoms with Gasteiger partial charge in [0.15, 0.2) is 0 Å². The van der Waals surface area contributed by atoms with Gasteiger partial charge in [0.05, 0.1) is 18.8 Å². The first-order valence-electron chi connectivity index (χ1n) is 12.8. The van der Waals surface area contributed by atoms with Gasteiger partial charge in [-0.2, -0.15) is 0 Å². The number of aromatic amines is 1. The quantitative estimate of drug-likeness (QED) is 0.377. The summed E-state index contributed by atoms with van der Waals surface area (Å²) < 4.78 is 27.1. The second-order valence-electron chi connectivity index (χ2n) is 10.0. The minimum Gasteiger partial charge on any atom is -0.378 e. The Bertz CT molecular complexity index is 1140. The molecule has 0 aliphatic carbocycles. The number of benzene rings is 2. The van der Waals surface area contributed by atoms with Gasteiger partial charge in [0.1, 0.15) is 6.17 Å². The number of fused-ring (bicyclic) bond motifs is 3. The highest BCUT2D eigenvalue weighted by Crippen LogP contribution is 2.41. The van der Waals surface area contributed by atoms with Crippen LogP contribution in [-0.4, -0.2) is 65.9 Å². The number of aromatic nitrogens is 1. The van der Waals surface area contributed by atoms with Crippen LogP contribution in [0.2, 0.25) is 0 Å². The maximum atomic E-state index is 14.6. The van der Waals surface area contributed by atoms with Gasteiger partial charge >= 0.3 is 0 Å². The molecular formula is C29H36F2N4. The number of rotatable bonds is 9. The van der Waals surface area contributed by atoms with Crippen molar-refractivity contribution >= 4 is 16.6 Å². The molecule has 186 valence electrons. The highest BCUT2D eigenvalue weighted by Gasteiger charge is 2.36. The van der Waals surface area contributed by atoms with Crippen molar-refractivity contribution in [3.63, 3.8) is 0 Å². The molecule has 2 aromatic carbocycles. The van der Waals surface area contributed by atoms with Gasteiger partial charge in [-0.1, -0.05) is 36.4 Å². The molecule has 0 unspecified atom stereocenters. The molecule has 1 aromatic heterocycles. The fourth-order valence-electron chi connectivity index (χ4n) is 5.87. The van der Waals surface area contributed by atoms with Crippen LogP contribution in [0.5, 0.6) is 0 Å². The summed E-state index contributed by atoms with van der Waals surface area (Å²) in [6, 6.07) is 17.3. The number of hydrogen-bond acceptors (Lipinski definition) is 3. The minimum absolute atomic E-state index is 0.131. The van der Waals surface area contributed by atoms with Crippen LogP contribution >= 0.6 is 0 Å². The van der Waals surface area contributed by atoms with E-state index in [1.165, 1.54) is 27.7 Å². The van der Waals surface area contributed by atoms with Crippen LogP contribution in [0.15, 0.2) is 61.2 Å². The lowest BCUT2D eigenvalue weighted by Crippen LogP contribution is -2.43. The first-order valence-corrected chi connectivity index (χ1v) is 12.8. The number of nitrogens with one attached hydrogen (secondary N) is 2. The molecule has 5 rings (SSSR count). The number of nitrogens with zero attached hydrogens (tertiary/aromatic N) is 2. The molecule has 0 saturated carbocycles. The van der Waals surface area contributed by atoms with Gasteiger partial charge in [-0.25, -0.2) is 4.39 Å². The van der Waals surface area contributed by atoms with Crippen LogP contribution < -0.4 is 5.32 Å². The molecule has 2 aliphatic heterocycles. The molecule has 2 N–H and O–H groups in total. The molecule has 0 bridgehead atoms. The van der Waals surface area contributed by atoms with Crippen LogP contribution in [0.1, 0.15) is 42.6 Å². The van der Waals surface area contributed by atoms with Crippen LogP contribution in [0, 0.1) is 0 Å². The molecule has 2 aliphatic rings. The van der Waals surface area contributed by atoms with Gasteiger partial charge in [-0.15, -0.1) is 6.58 Å². The summed E-state index contributed by atoms with van der Waals surface area (Å²) in [5.74, 6) is 0. The van der Waals surface area contributed by atoms with Crippen molar-refractivity contribution in [3.05, 3.63) is 78.0 Å². The van der Waals surface area contributed by atoms with Crippen molar-refractivity contribution in [2.45, 2.75) is 50.5 Å². The van der Waals surface area contributed by atoms with Gasteiger partial charge in [0, 0.05) is 54.5 Å². The van der Waals surface area contributed by atoms with E-state index in [2.05, 4.69) is 77.2 Å². The largest absolute Gasteiger partial charge is 0.378 e. The summed E-state index contributed by atoms with van der Waals surface area (Å²) >= 11 is 0. The maximum absolute atomic E-state index is 14.6. The van der Waals surface area contributed by atoms with E-state index in [9.17, 15) is 8.78 Å². The lowest BCUT2D eigenvalue weighted by atomic mass is 9.88. The first-order chi connectivity index (χ1) is 17.1. The molecule has 1 saturated heterocycles. The van der Waals surface area contributed by atoms with E-state index < -0.39 is 6.17 Å². The van der Waals surface area contributed by atoms with E-state index in [0.29, 0.717) is 32.1 Å². The van der Waals surface area contributed by atoms with E-state index in [1.807, 2.05) is 11.0 Å². The van der Waals surface area contributed by atoms with E-state index in [0.717, 1.165) is 25.1 Å². The number of likely N-dealkylation sites (tertiary alicyclic amines) is 1. The highest BCUT2D eigenvalue weighted by molar-refractivity contribution is 5.85. The average Bonchev–Trinajstić information content (AvgIpc) is 3.41. The Morgan fingerprint density at radius 3 is 2.69 bits per heavy atom. The first kappa shape index (κ1) is 24.0. The second kappa shape index (κ2) is 10.5. The van der Waals surface area contributed by atoms with Crippen molar-refractivity contribution < 1.29 is 8.78 Å².